The second-order valence-corrected chi connectivity index (χ2v) is 6.99. The molecule has 1 aromatic heterocycles. The highest BCUT2D eigenvalue weighted by Gasteiger charge is 2.45. The lowest BCUT2D eigenvalue weighted by Crippen LogP contribution is -2.31. The number of hydrogen-bond donors (Lipinski definition) is 1. The highest BCUT2D eigenvalue weighted by molar-refractivity contribution is 6.20. The van der Waals surface area contributed by atoms with E-state index in [-0.39, 0.29) is 11.3 Å². The Hall–Kier alpha value is -3.80. The Morgan fingerprint density at radius 3 is 2.53 bits per heavy atom. The van der Waals surface area contributed by atoms with E-state index in [0.29, 0.717) is 18.0 Å². The van der Waals surface area contributed by atoms with E-state index in [2.05, 4.69) is 0 Å². The highest BCUT2D eigenvalue weighted by Crippen LogP contribution is 2.42. The van der Waals surface area contributed by atoms with Gasteiger partial charge in [0.2, 0.25) is 5.78 Å². The summed E-state index contributed by atoms with van der Waals surface area (Å²) in [7, 11) is 0. The van der Waals surface area contributed by atoms with E-state index in [9.17, 15) is 14.7 Å². The minimum atomic E-state index is -0.784. The van der Waals surface area contributed by atoms with Gasteiger partial charge < -0.3 is 14.3 Å². The molecule has 2 heterocycles. The Morgan fingerprint density at radius 1 is 1.13 bits per heavy atom. The molecular weight excluding hydrogens is 382 g/mol. The van der Waals surface area contributed by atoms with Crippen LogP contribution in [0.5, 0.6) is 5.75 Å². The summed E-state index contributed by atoms with van der Waals surface area (Å²) in [5.41, 5.74) is 2.23. The second-order valence-electron chi connectivity index (χ2n) is 6.99. The zero-order valence-corrected chi connectivity index (χ0v) is 16.7. The summed E-state index contributed by atoms with van der Waals surface area (Å²) >= 11 is 0. The fourth-order valence-electron chi connectivity index (χ4n) is 3.67. The molecule has 0 aliphatic carbocycles. The number of aliphatic hydroxyl groups excluding tert-OH is 1. The van der Waals surface area contributed by atoms with E-state index in [1.165, 1.54) is 17.2 Å². The van der Waals surface area contributed by atoms with Crippen LogP contribution in [0.25, 0.3) is 0 Å². The normalized spacial score (nSPS) is 16.3. The number of furan rings is 1. The van der Waals surface area contributed by atoms with Crippen LogP contribution in [0.1, 0.15) is 34.6 Å². The van der Waals surface area contributed by atoms with Crippen molar-refractivity contribution in [1.82, 2.24) is 0 Å². The number of aliphatic hydroxyl groups is 1. The second kappa shape index (κ2) is 7.91. The average Bonchev–Trinajstić information content (AvgIpc) is 3.36. The Labute approximate surface area is 174 Å². The molecule has 6 nitrogen and oxygen atoms in total. The third-order valence-corrected chi connectivity index (χ3v) is 4.98. The Morgan fingerprint density at radius 2 is 1.90 bits per heavy atom. The molecule has 0 spiro atoms. The largest absolute Gasteiger partial charge is 0.503 e. The van der Waals surface area contributed by atoms with Crippen LogP contribution in [0.3, 0.4) is 0 Å². The highest BCUT2D eigenvalue weighted by atomic mass is 16.5. The molecule has 6 heteroatoms. The minimum absolute atomic E-state index is 0.00515. The number of carbonyl (C=O) groups is 2. The first-order valence-electron chi connectivity index (χ1n) is 9.65. The molecule has 1 aliphatic rings. The SMILES string of the molecule is CCOc1ccc(N2C(=O)C(O)=C(C(=O)c3ccco3)C2c2cccc(C)c2)cc1. The molecule has 1 aliphatic heterocycles. The first-order valence-corrected chi connectivity index (χ1v) is 9.65. The number of ether oxygens (including phenoxy) is 1. The monoisotopic (exact) mass is 403 g/mol. The van der Waals surface area contributed by atoms with E-state index < -0.39 is 23.5 Å². The van der Waals surface area contributed by atoms with Gasteiger partial charge in [-0.25, -0.2) is 0 Å². The molecule has 0 saturated carbocycles. The van der Waals surface area contributed by atoms with Gasteiger partial charge in [0.25, 0.3) is 5.91 Å². The van der Waals surface area contributed by atoms with Crippen LogP contribution in [0.15, 0.2) is 82.7 Å². The lowest BCUT2D eigenvalue weighted by atomic mass is 9.94. The van der Waals surface area contributed by atoms with Gasteiger partial charge in [0.1, 0.15) is 5.75 Å². The minimum Gasteiger partial charge on any atom is -0.503 e. The lowest BCUT2D eigenvalue weighted by Gasteiger charge is -2.27. The van der Waals surface area contributed by atoms with Crippen LogP contribution in [0, 0.1) is 6.92 Å². The molecule has 0 bridgehead atoms. The molecular formula is C24H21NO5. The molecule has 0 saturated heterocycles. The Balaban J connectivity index is 1.83. The van der Waals surface area contributed by atoms with Gasteiger partial charge in [0.15, 0.2) is 11.5 Å². The van der Waals surface area contributed by atoms with Gasteiger partial charge in [-0.2, -0.15) is 0 Å². The first kappa shape index (κ1) is 19.5. The number of ketones is 1. The predicted octanol–water partition coefficient (Wildman–Crippen LogP) is 4.77. The summed E-state index contributed by atoms with van der Waals surface area (Å²) in [4.78, 5) is 27.6. The van der Waals surface area contributed by atoms with Gasteiger partial charge in [0, 0.05) is 5.69 Å². The van der Waals surface area contributed by atoms with Crippen LogP contribution in [0.4, 0.5) is 5.69 Å². The van der Waals surface area contributed by atoms with Crippen LogP contribution in [0.2, 0.25) is 0 Å². The van der Waals surface area contributed by atoms with Gasteiger partial charge in [-0.1, -0.05) is 29.8 Å². The first-order chi connectivity index (χ1) is 14.5. The molecule has 1 amide bonds. The summed E-state index contributed by atoms with van der Waals surface area (Å²) in [6.45, 7) is 4.34. The summed E-state index contributed by atoms with van der Waals surface area (Å²) in [5.74, 6) is -0.997. The number of benzene rings is 2. The van der Waals surface area contributed by atoms with E-state index in [0.717, 1.165) is 11.1 Å². The van der Waals surface area contributed by atoms with E-state index in [1.807, 2.05) is 38.1 Å². The van der Waals surface area contributed by atoms with Gasteiger partial charge >= 0.3 is 0 Å². The summed E-state index contributed by atoms with van der Waals surface area (Å²) in [6.07, 6.45) is 1.38. The van der Waals surface area contributed by atoms with Crippen molar-refractivity contribution in [1.29, 1.82) is 0 Å². The van der Waals surface area contributed by atoms with E-state index >= 15 is 0 Å². The zero-order valence-electron chi connectivity index (χ0n) is 16.7. The van der Waals surface area contributed by atoms with Crippen molar-refractivity contribution in [2.45, 2.75) is 19.9 Å². The molecule has 0 fully saturated rings. The van der Waals surface area contributed by atoms with Gasteiger partial charge in [0.05, 0.1) is 24.5 Å². The number of rotatable bonds is 6. The molecule has 3 aromatic rings. The quantitative estimate of drug-likeness (QED) is 0.600. The van der Waals surface area contributed by atoms with Gasteiger partial charge in [-0.05, 0) is 55.8 Å². The van der Waals surface area contributed by atoms with Crippen molar-refractivity contribution in [2.24, 2.45) is 0 Å². The fourth-order valence-corrected chi connectivity index (χ4v) is 3.67. The lowest BCUT2D eigenvalue weighted by molar-refractivity contribution is -0.117. The zero-order chi connectivity index (χ0) is 21.3. The molecule has 2 aromatic carbocycles. The predicted molar refractivity (Wildman–Crippen MR) is 112 cm³/mol. The third-order valence-electron chi connectivity index (χ3n) is 4.98. The van der Waals surface area contributed by atoms with Gasteiger partial charge in [-0.15, -0.1) is 0 Å². The smallest absolute Gasteiger partial charge is 0.294 e. The molecule has 30 heavy (non-hydrogen) atoms. The number of aryl methyl sites for hydroxylation is 1. The molecule has 1 N–H and O–H groups in total. The summed E-state index contributed by atoms with van der Waals surface area (Å²) in [6, 6.07) is 16.8. The average molecular weight is 403 g/mol. The number of nitrogens with zero attached hydrogens (tertiary/aromatic N) is 1. The third kappa shape index (κ3) is 3.37. The van der Waals surface area contributed by atoms with Crippen molar-refractivity contribution in [3.05, 3.63) is 95.1 Å². The maximum atomic E-state index is 13.1. The Kier molecular flexibility index (Phi) is 5.14. The molecule has 1 unspecified atom stereocenters. The van der Waals surface area contributed by atoms with Crippen LogP contribution in [-0.2, 0) is 4.79 Å². The van der Waals surface area contributed by atoms with Crippen LogP contribution in [-0.4, -0.2) is 23.4 Å². The number of carbonyl (C=O) groups excluding carboxylic acids is 2. The fraction of sp³-hybridized carbons (Fsp3) is 0.167. The topological polar surface area (TPSA) is 80.0 Å². The molecule has 152 valence electrons. The standard InChI is InChI=1S/C24H21NO5/c1-3-29-18-11-9-17(10-12-18)25-21(16-7-4-6-15(2)14-16)20(23(27)24(25)28)22(26)19-8-5-13-30-19/h4-14,21,27H,3H2,1-2H3. The summed E-state index contributed by atoms with van der Waals surface area (Å²) in [5, 5.41) is 10.7. The van der Waals surface area contributed by atoms with Crippen molar-refractivity contribution >= 4 is 17.4 Å². The number of Topliss-reactive ketones (excluding diaryl/α,β-unsaturated/α-hetero) is 1. The molecule has 1 atom stereocenters. The van der Waals surface area contributed by atoms with Crippen molar-refractivity contribution in [3.8, 4) is 5.75 Å². The maximum Gasteiger partial charge on any atom is 0.294 e. The Bertz CT molecular complexity index is 1110. The van der Waals surface area contributed by atoms with Crippen LogP contribution >= 0.6 is 0 Å². The van der Waals surface area contributed by atoms with Crippen LogP contribution < -0.4 is 9.64 Å². The van der Waals surface area contributed by atoms with Gasteiger partial charge in [-0.3, -0.25) is 14.5 Å². The number of hydrogen-bond acceptors (Lipinski definition) is 5. The molecule has 4 rings (SSSR count). The van der Waals surface area contributed by atoms with Crippen molar-refractivity contribution in [3.63, 3.8) is 0 Å². The number of amides is 1. The van der Waals surface area contributed by atoms with Crippen molar-refractivity contribution in [2.75, 3.05) is 11.5 Å². The van der Waals surface area contributed by atoms with E-state index in [1.54, 1.807) is 30.3 Å². The van der Waals surface area contributed by atoms with E-state index in [4.69, 9.17) is 9.15 Å². The summed E-state index contributed by atoms with van der Waals surface area (Å²) < 4.78 is 10.7. The maximum absolute atomic E-state index is 13.1. The van der Waals surface area contributed by atoms with Crippen molar-refractivity contribution < 1.29 is 23.8 Å². The number of anilines is 1. The molecule has 0 radical (unpaired) electrons.